The van der Waals surface area contributed by atoms with E-state index < -0.39 is 5.97 Å². The molecule has 2 heterocycles. The molecule has 0 fully saturated rings. The lowest BCUT2D eigenvalue weighted by molar-refractivity contribution is 0.0476. The van der Waals surface area contributed by atoms with E-state index >= 15 is 0 Å². The molecule has 0 bridgehead atoms. The van der Waals surface area contributed by atoms with Crippen molar-refractivity contribution in [2.75, 3.05) is 6.61 Å². The summed E-state index contributed by atoms with van der Waals surface area (Å²) in [5, 5.41) is 1.65. The molecule has 5 heteroatoms. The van der Waals surface area contributed by atoms with Crippen molar-refractivity contribution in [3.63, 3.8) is 0 Å². The highest BCUT2D eigenvalue weighted by atomic mass is 16.5. The van der Waals surface area contributed by atoms with Gasteiger partial charge in [0.2, 0.25) is 5.78 Å². The van der Waals surface area contributed by atoms with Crippen LogP contribution in [0.4, 0.5) is 0 Å². The lowest BCUT2D eigenvalue weighted by Crippen LogP contribution is -2.16. The Morgan fingerprint density at radius 2 is 1.90 bits per heavy atom. The van der Waals surface area contributed by atoms with Gasteiger partial charge < -0.3 is 9.72 Å². The Labute approximate surface area is 174 Å². The summed E-state index contributed by atoms with van der Waals surface area (Å²) in [6.45, 7) is 1.80. The first-order valence-corrected chi connectivity index (χ1v) is 10.4. The minimum Gasteiger partial charge on any atom is -0.454 e. The fourth-order valence-electron chi connectivity index (χ4n) is 4.47. The highest BCUT2D eigenvalue weighted by Crippen LogP contribution is 2.30. The van der Waals surface area contributed by atoms with Crippen molar-refractivity contribution in [2.24, 2.45) is 0 Å². The molecular weight excluding hydrogens is 376 g/mol. The number of rotatable bonds is 5. The number of carbonyl (C=O) groups is 2. The predicted molar refractivity (Wildman–Crippen MR) is 116 cm³/mol. The van der Waals surface area contributed by atoms with Crippen LogP contribution in [0.5, 0.6) is 0 Å². The summed E-state index contributed by atoms with van der Waals surface area (Å²) in [6.07, 6.45) is 5.25. The second-order valence-corrected chi connectivity index (χ2v) is 7.68. The van der Waals surface area contributed by atoms with Gasteiger partial charge in [0.05, 0.1) is 11.1 Å². The Kier molecular flexibility index (Phi) is 4.58. The Morgan fingerprint density at radius 1 is 1.07 bits per heavy atom. The zero-order chi connectivity index (χ0) is 20.7. The third-order valence-corrected chi connectivity index (χ3v) is 5.94. The van der Waals surface area contributed by atoms with E-state index in [0.717, 1.165) is 64.3 Å². The molecule has 0 amide bonds. The van der Waals surface area contributed by atoms with Crippen LogP contribution < -0.4 is 0 Å². The summed E-state index contributed by atoms with van der Waals surface area (Å²) >= 11 is 0. The number of carbonyl (C=O) groups excluding carboxylic acids is 2. The molecule has 0 radical (unpaired) electrons. The smallest absolute Gasteiger partial charge is 0.339 e. The largest absolute Gasteiger partial charge is 0.454 e. The molecule has 1 aliphatic carbocycles. The van der Waals surface area contributed by atoms with Gasteiger partial charge in [0, 0.05) is 33.7 Å². The van der Waals surface area contributed by atoms with Crippen LogP contribution in [0.1, 0.15) is 50.9 Å². The van der Waals surface area contributed by atoms with Gasteiger partial charge in [-0.25, -0.2) is 4.79 Å². The number of hydrogen-bond acceptors (Lipinski definition) is 4. The molecule has 1 N–H and O–H groups in total. The Bertz CT molecular complexity index is 1300. The highest BCUT2D eigenvalue weighted by molar-refractivity contribution is 6.11. The van der Waals surface area contributed by atoms with Crippen molar-refractivity contribution in [3.8, 4) is 0 Å². The number of Topliss-reactive ketones (excluding diaryl/α,β-unsaturated/α-hetero) is 1. The molecule has 30 heavy (non-hydrogen) atoms. The first kappa shape index (κ1) is 18.6. The number of nitrogens with zero attached hydrogens (tertiary/aromatic N) is 1. The molecule has 1 aliphatic rings. The number of aryl methyl sites for hydroxylation is 2. The molecule has 5 rings (SSSR count). The highest BCUT2D eigenvalue weighted by Gasteiger charge is 2.25. The number of para-hydroxylation sites is 2. The maximum Gasteiger partial charge on any atom is 0.339 e. The lowest BCUT2D eigenvalue weighted by atomic mass is 10.0. The average molecular weight is 398 g/mol. The number of fused-ring (bicyclic) bond motifs is 3. The second-order valence-electron chi connectivity index (χ2n) is 7.68. The Balaban J connectivity index is 1.43. The van der Waals surface area contributed by atoms with E-state index in [1.807, 2.05) is 42.5 Å². The monoisotopic (exact) mass is 398 g/mol. The number of ether oxygens (including phenoxy) is 1. The first-order valence-electron chi connectivity index (χ1n) is 10.4. The van der Waals surface area contributed by atoms with Gasteiger partial charge in [0.25, 0.3) is 0 Å². The number of aromatic nitrogens is 2. The van der Waals surface area contributed by atoms with Crippen molar-refractivity contribution < 1.29 is 14.3 Å². The van der Waals surface area contributed by atoms with Crippen LogP contribution in [-0.4, -0.2) is 28.3 Å². The summed E-state index contributed by atoms with van der Waals surface area (Å²) in [4.78, 5) is 33.8. The van der Waals surface area contributed by atoms with Gasteiger partial charge in [-0.3, -0.25) is 9.78 Å². The molecule has 2 aromatic carbocycles. The summed E-state index contributed by atoms with van der Waals surface area (Å²) < 4.78 is 5.52. The van der Waals surface area contributed by atoms with Gasteiger partial charge in [0.15, 0.2) is 6.61 Å². The minimum atomic E-state index is -0.450. The van der Waals surface area contributed by atoms with Gasteiger partial charge in [-0.2, -0.15) is 0 Å². The summed E-state index contributed by atoms with van der Waals surface area (Å²) in [5.74, 6) is -0.660. The number of esters is 1. The van der Waals surface area contributed by atoms with Crippen LogP contribution in [0, 0.1) is 0 Å². The molecule has 0 aliphatic heterocycles. The number of H-pyrrole nitrogens is 1. The lowest BCUT2D eigenvalue weighted by Gasteiger charge is -2.12. The van der Waals surface area contributed by atoms with Crippen molar-refractivity contribution >= 4 is 33.6 Å². The molecule has 0 saturated heterocycles. The predicted octanol–water partition coefficient (Wildman–Crippen LogP) is 4.81. The van der Waals surface area contributed by atoms with Crippen molar-refractivity contribution in [3.05, 3.63) is 76.6 Å². The maximum atomic E-state index is 13.0. The van der Waals surface area contributed by atoms with Crippen LogP contribution in [0.25, 0.3) is 21.8 Å². The Hall–Kier alpha value is -3.47. The molecule has 0 saturated carbocycles. The molecule has 2 aromatic heterocycles. The Morgan fingerprint density at radius 3 is 2.77 bits per heavy atom. The molecule has 150 valence electrons. The molecule has 0 spiro atoms. The van der Waals surface area contributed by atoms with Crippen LogP contribution >= 0.6 is 0 Å². The van der Waals surface area contributed by atoms with Crippen molar-refractivity contribution in [2.45, 2.75) is 32.6 Å². The van der Waals surface area contributed by atoms with Crippen LogP contribution in [-0.2, 0) is 24.0 Å². The summed E-state index contributed by atoms with van der Waals surface area (Å²) in [6, 6.07) is 13.5. The average Bonchev–Trinajstić information content (AvgIpc) is 3.42. The standard InChI is InChI=1S/C25H22N2O3/c1-2-15-7-5-9-16-19(13-26-24(15)16)22(28)14-30-25(29)23-17-8-3-4-11-20(17)27-21-12-6-10-18(21)23/h3-5,7-9,11,13,26H,2,6,10,12,14H2,1H3. The summed E-state index contributed by atoms with van der Waals surface area (Å²) in [5.41, 5.74) is 5.96. The van der Waals surface area contributed by atoms with E-state index in [4.69, 9.17) is 9.72 Å². The number of aromatic amines is 1. The van der Waals surface area contributed by atoms with Gasteiger partial charge in [-0.05, 0) is 42.9 Å². The van der Waals surface area contributed by atoms with Crippen molar-refractivity contribution in [1.82, 2.24) is 9.97 Å². The van der Waals surface area contributed by atoms with Gasteiger partial charge in [-0.15, -0.1) is 0 Å². The molecule has 0 unspecified atom stereocenters. The zero-order valence-electron chi connectivity index (χ0n) is 16.8. The molecule has 4 aromatic rings. The molecular formula is C25H22N2O3. The maximum absolute atomic E-state index is 13.0. The van der Waals surface area contributed by atoms with E-state index in [-0.39, 0.29) is 12.4 Å². The zero-order valence-corrected chi connectivity index (χ0v) is 16.8. The topological polar surface area (TPSA) is 72.1 Å². The number of benzene rings is 2. The van der Waals surface area contributed by atoms with E-state index in [1.165, 1.54) is 0 Å². The van der Waals surface area contributed by atoms with E-state index in [1.54, 1.807) is 6.20 Å². The van der Waals surface area contributed by atoms with Crippen LogP contribution in [0.3, 0.4) is 0 Å². The normalized spacial score (nSPS) is 13.0. The first-order chi connectivity index (χ1) is 14.7. The van der Waals surface area contributed by atoms with Crippen LogP contribution in [0.15, 0.2) is 48.7 Å². The van der Waals surface area contributed by atoms with E-state index in [0.29, 0.717) is 11.1 Å². The number of ketones is 1. The number of pyridine rings is 1. The fraction of sp³-hybridized carbons (Fsp3) is 0.240. The van der Waals surface area contributed by atoms with E-state index in [2.05, 4.69) is 11.9 Å². The third kappa shape index (κ3) is 2.98. The fourth-order valence-corrected chi connectivity index (χ4v) is 4.47. The van der Waals surface area contributed by atoms with Gasteiger partial charge in [-0.1, -0.05) is 43.3 Å². The third-order valence-electron chi connectivity index (χ3n) is 5.94. The van der Waals surface area contributed by atoms with Gasteiger partial charge in [0.1, 0.15) is 0 Å². The van der Waals surface area contributed by atoms with Crippen molar-refractivity contribution in [1.29, 1.82) is 0 Å². The molecule has 0 atom stereocenters. The number of hydrogen-bond donors (Lipinski definition) is 1. The summed E-state index contributed by atoms with van der Waals surface area (Å²) in [7, 11) is 0. The molecule has 5 nitrogen and oxygen atoms in total. The minimum absolute atomic E-state index is 0.210. The van der Waals surface area contributed by atoms with E-state index in [9.17, 15) is 9.59 Å². The second kappa shape index (κ2) is 7.41. The quantitative estimate of drug-likeness (QED) is 0.387. The SMILES string of the molecule is CCc1cccc2c(C(=O)COC(=O)c3c4c(nc5ccccc35)CCC4)c[nH]c12. The number of nitrogens with one attached hydrogen (secondary N) is 1. The van der Waals surface area contributed by atoms with Crippen LogP contribution in [0.2, 0.25) is 0 Å². The van der Waals surface area contributed by atoms with Gasteiger partial charge >= 0.3 is 5.97 Å².